The first kappa shape index (κ1) is 32.5. The Morgan fingerprint density at radius 2 is 1.14 bits per heavy atom. The molecule has 1 aromatic carbocycles. The minimum absolute atomic E-state index is 0.0579. The monoisotopic (exact) mass is 532 g/mol. The molecule has 0 bridgehead atoms. The van der Waals surface area contributed by atoms with Crippen LogP contribution in [0.25, 0.3) is 0 Å². The lowest BCUT2D eigenvalue weighted by Crippen LogP contribution is -2.15. The molecule has 0 aliphatic carbocycles. The molecule has 0 heterocycles. The van der Waals surface area contributed by atoms with Gasteiger partial charge in [-0.25, -0.2) is 0 Å². The van der Waals surface area contributed by atoms with E-state index in [0.717, 1.165) is 18.4 Å². The smallest absolute Gasteiger partial charge is 0.305 e. The molecular weight excluding hydrogens is 488 g/mol. The van der Waals surface area contributed by atoms with E-state index >= 15 is 0 Å². The van der Waals surface area contributed by atoms with Gasteiger partial charge >= 0.3 is 5.97 Å². The highest BCUT2D eigenvalue weighted by Gasteiger charge is 2.14. The van der Waals surface area contributed by atoms with Gasteiger partial charge in [-0.15, -0.1) is 0 Å². The minimum atomic E-state index is -3.77. The minimum Gasteiger partial charge on any atom is -0.463 e. The molecule has 10 heteroatoms. The first-order chi connectivity index (χ1) is 17.5. The van der Waals surface area contributed by atoms with Crippen LogP contribution < -0.4 is 0 Å². The second-order valence-electron chi connectivity index (χ2n) is 8.28. The van der Waals surface area contributed by atoms with Crippen LogP contribution in [0.2, 0.25) is 0 Å². The highest BCUT2D eigenvalue weighted by Crippen LogP contribution is 2.13. The van der Waals surface area contributed by atoms with Gasteiger partial charge in [-0.1, -0.05) is 56.7 Å². The van der Waals surface area contributed by atoms with E-state index in [2.05, 4.69) is 6.92 Å². The van der Waals surface area contributed by atoms with Crippen LogP contribution >= 0.6 is 0 Å². The topological polar surface area (TPSA) is 107 Å². The van der Waals surface area contributed by atoms with E-state index in [1.165, 1.54) is 37.8 Å². The van der Waals surface area contributed by atoms with E-state index in [4.69, 9.17) is 27.9 Å². The highest BCUT2D eigenvalue weighted by molar-refractivity contribution is 7.86. The fourth-order valence-electron chi connectivity index (χ4n) is 3.07. The van der Waals surface area contributed by atoms with Crippen molar-refractivity contribution >= 4 is 16.1 Å². The third-order valence-corrected chi connectivity index (χ3v) is 6.44. The van der Waals surface area contributed by atoms with Crippen molar-refractivity contribution in [1.82, 2.24) is 0 Å². The zero-order valence-corrected chi connectivity index (χ0v) is 22.7. The number of aryl methyl sites for hydroxylation is 1. The predicted molar refractivity (Wildman–Crippen MR) is 137 cm³/mol. The summed E-state index contributed by atoms with van der Waals surface area (Å²) in [5, 5.41) is 0. The van der Waals surface area contributed by atoms with Gasteiger partial charge in [0.2, 0.25) is 0 Å². The standard InChI is InChI=1S/C26H44O9S/c1-3-4-5-6-7-8-9-26(27)34-22-20-32-18-16-30-14-15-31-17-19-33-21-23-35-36(28,29)25-12-10-24(2)11-13-25/h10-13H,3-9,14-23H2,1-2H3. The Bertz CT molecular complexity index is 766. The number of hydrogen-bond donors (Lipinski definition) is 0. The van der Waals surface area contributed by atoms with E-state index in [0.29, 0.717) is 52.7 Å². The van der Waals surface area contributed by atoms with E-state index in [-0.39, 0.29) is 30.7 Å². The van der Waals surface area contributed by atoms with Crippen molar-refractivity contribution in [2.45, 2.75) is 63.7 Å². The van der Waals surface area contributed by atoms with Gasteiger partial charge in [0.05, 0.1) is 64.4 Å². The van der Waals surface area contributed by atoms with E-state index in [1.807, 2.05) is 6.92 Å². The number of benzene rings is 1. The maximum absolute atomic E-state index is 12.0. The van der Waals surface area contributed by atoms with E-state index in [9.17, 15) is 13.2 Å². The molecule has 0 N–H and O–H groups in total. The van der Waals surface area contributed by atoms with Gasteiger partial charge in [-0.2, -0.15) is 8.42 Å². The van der Waals surface area contributed by atoms with Crippen LogP contribution in [0.1, 0.15) is 57.4 Å². The van der Waals surface area contributed by atoms with Gasteiger partial charge in [0.25, 0.3) is 10.1 Å². The predicted octanol–water partition coefficient (Wildman–Crippen LogP) is 4.06. The molecule has 1 aromatic rings. The summed E-state index contributed by atoms with van der Waals surface area (Å²) in [6.07, 6.45) is 7.35. The molecule has 0 aliphatic heterocycles. The Hall–Kier alpha value is -1.56. The lowest BCUT2D eigenvalue weighted by Gasteiger charge is -2.08. The van der Waals surface area contributed by atoms with Crippen molar-refractivity contribution in [2.75, 3.05) is 66.1 Å². The molecular formula is C26H44O9S. The fraction of sp³-hybridized carbons (Fsp3) is 0.731. The van der Waals surface area contributed by atoms with E-state index in [1.54, 1.807) is 12.1 Å². The SMILES string of the molecule is CCCCCCCCC(=O)OCCOCCOCCOCCOCCOS(=O)(=O)c1ccc(C)cc1. The molecule has 0 aromatic heterocycles. The maximum Gasteiger partial charge on any atom is 0.305 e. The summed E-state index contributed by atoms with van der Waals surface area (Å²) in [6, 6.07) is 6.47. The molecule has 0 radical (unpaired) electrons. The molecule has 0 unspecified atom stereocenters. The molecule has 0 spiro atoms. The van der Waals surface area contributed by atoms with Crippen molar-refractivity contribution < 1.29 is 41.1 Å². The van der Waals surface area contributed by atoms with Gasteiger partial charge < -0.3 is 23.7 Å². The zero-order chi connectivity index (χ0) is 26.3. The summed E-state index contributed by atoms with van der Waals surface area (Å²) in [5.41, 5.74) is 0.976. The summed E-state index contributed by atoms with van der Waals surface area (Å²) in [5.74, 6) is -0.161. The number of rotatable bonds is 24. The number of hydrogen-bond acceptors (Lipinski definition) is 9. The van der Waals surface area contributed by atoms with Crippen LogP contribution in [-0.2, 0) is 42.8 Å². The zero-order valence-electron chi connectivity index (χ0n) is 21.9. The average molecular weight is 533 g/mol. The van der Waals surface area contributed by atoms with E-state index < -0.39 is 10.1 Å². The van der Waals surface area contributed by atoms with Crippen molar-refractivity contribution in [3.8, 4) is 0 Å². The molecule has 0 amide bonds. The van der Waals surface area contributed by atoms with Crippen molar-refractivity contribution in [1.29, 1.82) is 0 Å². The lowest BCUT2D eigenvalue weighted by molar-refractivity contribution is -0.145. The molecule has 0 aliphatic rings. The summed E-state index contributed by atoms with van der Waals surface area (Å²) in [4.78, 5) is 11.7. The van der Waals surface area contributed by atoms with Crippen molar-refractivity contribution in [3.05, 3.63) is 29.8 Å². The normalized spacial score (nSPS) is 11.6. The van der Waals surface area contributed by atoms with Crippen LogP contribution in [-0.4, -0.2) is 80.5 Å². The summed E-state index contributed by atoms with van der Waals surface area (Å²) < 4.78 is 55.6. The third kappa shape index (κ3) is 17.8. The van der Waals surface area contributed by atoms with Crippen LogP contribution in [0.15, 0.2) is 29.2 Å². The van der Waals surface area contributed by atoms with Crippen LogP contribution in [0.4, 0.5) is 0 Å². The van der Waals surface area contributed by atoms with Crippen molar-refractivity contribution in [2.24, 2.45) is 0 Å². The molecule has 0 saturated heterocycles. The number of unbranched alkanes of at least 4 members (excludes halogenated alkanes) is 5. The Kier molecular flexibility index (Phi) is 19.4. The molecule has 1 rings (SSSR count). The number of carbonyl (C=O) groups is 1. The first-order valence-corrected chi connectivity index (χ1v) is 14.3. The Morgan fingerprint density at radius 1 is 0.667 bits per heavy atom. The fourth-order valence-corrected chi connectivity index (χ4v) is 3.97. The third-order valence-electron chi connectivity index (χ3n) is 5.12. The number of ether oxygens (including phenoxy) is 5. The van der Waals surface area contributed by atoms with Crippen LogP contribution in [0.3, 0.4) is 0 Å². The Morgan fingerprint density at radius 3 is 1.69 bits per heavy atom. The quantitative estimate of drug-likeness (QED) is 0.111. The summed E-state index contributed by atoms with van der Waals surface area (Å²) in [6.45, 7) is 7.17. The molecule has 208 valence electrons. The number of carbonyl (C=O) groups excluding carboxylic acids is 1. The average Bonchev–Trinajstić information content (AvgIpc) is 2.86. The van der Waals surface area contributed by atoms with Gasteiger partial charge in [0, 0.05) is 6.42 Å². The largest absolute Gasteiger partial charge is 0.463 e. The first-order valence-electron chi connectivity index (χ1n) is 12.9. The maximum atomic E-state index is 12.0. The van der Waals surface area contributed by atoms with Crippen molar-refractivity contribution in [3.63, 3.8) is 0 Å². The van der Waals surface area contributed by atoms with Gasteiger partial charge in [0.15, 0.2) is 0 Å². The van der Waals surface area contributed by atoms with Crippen LogP contribution in [0.5, 0.6) is 0 Å². The van der Waals surface area contributed by atoms with Gasteiger partial charge in [0.1, 0.15) is 6.61 Å². The summed E-state index contributed by atoms with van der Waals surface area (Å²) in [7, 11) is -3.77. The Labute approximate surface area is 216 Å². The second kappa shape index (κ2) is 21.5. The van der Waals surface area contributed by atoms with Gasteiger partial charge in [-0.3, -0.25) is 8.98 Å². The molecule has 0 atom stereocenters. The van der Waals surface area contributed by atoms with Gasteiger partial charge in [-0.05, 0) is 25.5 Å². The lowest BCUT2D eigenvalue weighted by atomic mass is 10.1. The summed E-state index contributed by atoms with van der Waals surface area (Å²) >= 11 is 0. The highest BCUT2D eigenvalue weighted by atomic mass is 32.2. The molecule has 9 nitrogen and oxygen atoms in total. The Balaban J connectivity index is 1.81. The second-order valence-corrected chi connectivity index (χ2v) is 9.89. The number of esters is 1. The molecule has 0 saturated carbocycles. The van der Waals surface area contributed by atoms with Crippen LogP contribution in [0, 0.1) is 6.92 Å². The molecule has 36 heavy (non-hydrogen) atoms. The molecule has 0 fully saturated rings.